The fraction of sp³-hybridized carbons (Fsp3) is 0.143. The first-order chi connectivity index (χ1) is 6.73. The van der Waals surface area contributed by atoms with Gasteiger partial charge in [-0.2, -0.15) is 13.2 Å². The van der Waals surface area contributed by atoms with Gasteiger partial charge >= 0.3 is 13.3 Å². The van der Waals surface area contributed by atoms with Gasteiger partial charge in [0, 0.05) is 0 Å². The van der Waals surface area contributed by atoms with E-state index in [9.17, 15) is 22.0 Å². The topological polar surface area (TPSA) is 40.5 Å². The molecule has 0 aliphatic carbocycles. The lowest BCUT2D eigenvalue weighted by Crippen LogP contribution is -2.36. The second-order valence-electron chi connectivity index (χ2n) is 2.72. The molecule has 82 valence electrons. The summed E-state index contributed by atoms with van der Waals surface area (Å²) in [5.41, 5.74) is -2.74. The van der Waals surface area contributed by atoms with Gasteiger partial charge in [0.05, 0.1) is 5.56 Å². The van der Waals surface area contributed by atoms with E-state index < -0.39 is 36.0 Å². The summed E-state index contributed by atoms with van der Waals surface area (Å²) >= 11 is 0. The summed E-state index contributed by atoms with van der Waals surface area (Å²) in [6.07, 6.45) is -4.98. The Morgan fingerprint density at radius 2 is 1.47 bits per heavy atom. The maximum Gasteiger partial charge on any atom is 0.489 e. The summed E-state index contributed by atoms with van der Waals surface area (Å²) < 4.78 is 61.7. The van der Waals surface area contributed by atoms with E-state index in [4.69, 9.17) is 10.0 Å². The van der Waals surface area contributed by atoms with Crippen molar-refractivity contribution in [3.05, 3.63) is 29.3 Å². The van der Waals surface area contributed by atoms with Crippen LogP contribution in [0.25, 0.3) is 0 Å². The Morgan fingerprint density at radius 1 is 1.00 bits per heavy atom. The number of benzene rings is 1. The molecule has 0 amide bonds. The van der Waals surface area contributed by atoms with Crippen LogP contribution in [0.3, 0.4) is 0 Å². The summed E-state index contributed by atoms with van der Waals surface area (Å²) in [5, 5.41) is 17.1. The van der Waals surface area contributed by atoms with Crippen LogP contribution in [-0.2, 0) is 6.18 Å². The van der Waals surface area contributed by atoms with Crippen LogP contribution >= 0.6 is 0 Å². The molecule has 0 atom stereocenters. The van der Waals surface area contributed by atoms with Crippen LogP contribution in [0, 0.1) is 11.6 Å². The van der Waals surface area contributed by atoms with Gasteiger partial charge in [0.2, 0.25) is 0 Å². The fourth-order valence-electron chi connectivity index (χ4n) is 1.02. The van der Waals surface area contributed by atoms with Crippen molar-refractivity contribution in [2.45, 2.75) is 6.18 Å². The van der Waals surface area contributed by atoms with Crippen molar-refractivity contribution in [1.82, 2.24) is 0 Å². The Labute approximate surface area is 81.1 Å². The van der Waals surface area contributed by atoms with Crippen molar-refractivity contribution in [2.75, 3.05) is 0 Å². The highest BCUT2D eigenvalue weighted by Gasteiger charge is 2.37. The van der Waals surface area contributed by atoms with Crippen LogP contribution in [0.5, 0.6) is 0 Å². The van der Waals surface area contributed by atoms with Gasteiger partial charge in [0.1, 0.15) is 0 Å². The summed E-state index contributed by atoms with van der Waals surface area (Å²) in [4.78, 5) is 0. The highest BCUT2D eigenvalue weighted by atomic mass is 19.4. The van der Waals surface area contributed by atoms with E-state index in [-0.39, 0.29) is 12.1 Å². The van der Waals surface area contributed by atoms with E-state index >= 15 is 0 Å². The van der Waals surface area contributed by atoms with E-state index in [0.29, 0.717) is 0 Å². The molecule has 2 N–H and O–H groups in total. The van der Waals surface area contributed by atoms with Crippen molar-refractivity contribution in [2.24, 2.45) is 0 Å². The van der Waals surface area contributed by atoms with E-state index in [1.165, 1.54) is 0 Å². The molecular weight excluding hydrogens is 222 g/mol. The van der Waals surface area contributed by atoms with Crippen molar-refractivity contribution in [1.29, 1.82) is 0 Å². The maximum atomic E-state index is 12.5. The Bertz CT molecular complexity index is 376. The van der Waals surface area contributed by atoms with Gasteiger partial charge in [-0.3, -0.25) is 0 Å². The zero-order valence-electron chi connectivity index (χ0n) is 7.02. The average Bonchev–Trinajstić information content (AvgIpc) is 2.06. The summed E-state index contributed by atoms with van der Waals surface area (Å²) in [5.74, 6) is -3.28. The maximum absolute atomic E-state index is 12.5. The van der Waals surface area contributed by atoms with Crippen LogP contribution in [0.2, 0.25) is 0 Å². The predicted molar refractivity (Wildman–Crippen MR) is 41.2 cm³/mol. The van der Waals surface area contributed by atoms with Crippen molar-refractivity contribution in [3.8, 4) is 0 Å². The molecular formula is C7H4BF5O2. The SMILES string of the molecule is OB(O)c1cc(F)c(F)cc1C(F)(F)F. The smallest absolute Gasteiger partial charge is 0.423 e. The molecule has 1 rings (SSSR count). The summed E-state index contributed by atoms with van der Waals surface area (Å²) in [6.45, 7) is 0. The molecule has 8 heteroatoms. The third-order valence-electron chi connectivity index (χ3n) is 1.68. The molecule has 0 aliphatic rings. The largest absolute Gasteiger partial charge is 0.489 e. The normalized spacial score (nSPS) is 11.7. The quantitative estimate of drug-likeness (QED) is 0.545. The monoisotopic (exact) mass is 226 g/mol. The van der Waals surface area contributed by atoms with Crippen molar-refractivity contribution >= 4 is 12.6 Å². The standard InChI is InChI=1S/C7H4BF5O2/c9-5-1-3(7(11,12)13)4(8(14)15)2-6(5)10/h1-2,14-15H. The highest BCUT2D eigenvalue weighted by molar-refractivity contribution is 6.59. The van der Waals surface area contributed by atoms with Crippen LogP contribution in [0.4, 0.5) is 22.0 Å². The van der Waals surface area contributed by atoms with Crippen LogP contribution in [-0.4, -0.2) is 17.2 Å². The Morgan fingerprint density at radius 3 is 1.87 bits per heavy atom. The third-order valence-corrected chi connectivity index (χ3v) is 1.68. The number of halogens is 5. The van der Waals surface area contributed by atoms with E-state index in [0.717, 1.165) is 0 Å². The summed E-state index contributed by atoms with van der Waals surface area (Å²) in [7, 11) is -2.52. The van der Waals surface area contributed by atoms with Gasteiger partial charge in [-0.05, 0) is 17.6 Å². The predicted octanol–water partition coefficient (Wildman–Crippen LogP) is 0.663. The average molecular weight is 226 g/mol. The molecule has 0 fully saturated rings. The third kappa shape index (κ3) is 2.45. The Hall–Kier alpha value is -1.15. The molecule has 0 bridgehead atoms. The van der Waals surface area contributed by atoms with Crippen LogP contribution < -0.4 is 5.46 Å². The Kier molecular flexibility index (Phi) is 3.01. The molecule has 0 spiro atoms. The van der Waals surface area contributed by atoms with Crippen molar-refractivity contribution in [3.63, 3.8) is 0 Å². The highest BCUT2D eigenvalue weighted by Crippen LogP contribution is 2.29. The van der Waals surface area contributed by atoms with E-state index in [1.807, 2.05) is 0 Å². The first-order valence-electron chi connectivity index (χ1n) is 3.65. The zero-order valence-corrected chi connectivity index (χ0v) is 7.02. The second kappa shape index (κ2) is 3.78. The lowest BCUT2D eigenvalue weighted by molar-refractivity contribution is -0.137. The van der Waals surface area contributed by atoms with Gasteiger partial charge in [-0.1, -0.05) is 0 Å². The zero-order chi connectivity index (χ0) is 11.8. The minimum Gasteiger partial charge on any atom is -0.423 e. The first-order valence-corrected chi connectivity index (χ1v) is 3.65. The number of hydrogen-bond donors (Lipinski definition) is 2. The van der Waals surface area contributed by atoms with E-state index in [2.05, 4.69) is 0 Å². The molecule has 15 heavy (non-hydrogen) atoms. The number of alkyl halides is 3. The summed E-state index contributed by atoms with van der Waals surface area (Å²) in [6, 6.07) is -0.0209. The molecule has 0 unspecified atom stereocenters. The molecule has 1 aromatic carbocycles. The molecule has 0 radical (unpaired) electrons. The van der Waals surface area contributed by atoms with Gasteiger partial charge in [0.15, 0.2) is 11.6 Å². The molecule has 0 heterocycles. The van der Waals surface area contributed by atoms with Gasteiger partial charge in [-0.25, -0.2) is 8.78 Å². The number of rotatable bonds is 1. The fourth-order valence-corrected chi connectivity index (χ4v) is 1.02. The van der Waals surface area contributed by atoms with Gasteiger partial charge in [0.25, 0.3) is 0 Å². The second-order valence-corrected chi connectivity index (χ2v) is 2.72. The van der Waals surface area contributed by atoms with Crippen LogP contribution in [0.1, 0.15) is 5.56 Å². The van der Waals surface area contributed by atoms with E-state index in [1.54, 1.807) is 0 Å². The first kappa shape index (κ1) is 11.9. The molecule has 0 aliphatic heterocycles. The lowest BCUT2D eigenvalue weighted by atomic mass is 9.76. The van der Waals surface area contributed by atoms with Gasteiger partial charge in [-0.15, -0.1) is 0 Å². The minimum absolute atomic E-state index is 0.100. The molecule has 2 nitrogen and oxygen atoms in total. The minimum atomic E-state index is -4.98. The van der Waals surface area contributed by atoms with Crippen molar-refractivity contribution < 1.29 is 32.0 Å². The number of hydrogen-bond acceptors (Lipinski definition) is 2. The Balaban J connectivity index is 3.42. The lowest BCUT2D eigenvalue weighted by Gasteiger charge is -2.12. The van der Waals surface area contributed by atoms with Gasteiger partial charge < -0.3 is 10.0 Å². The van der Waals surface area contributed by atoms with Crippen LogP contribution in [0.15, 0.2) is 12.1 Å². The molecule has 0 saturated carbocycles. The molecule has 1 aromatic rings. The molecule has 0 saturated heterocycles. The molecule has 0 aromatic heterocycles.